The van der Waals surface area contributed by atoms with E-state index in [1.165, 1.54) is 11.9 Å². The number of nitrogens with one attached hydrogen (secondary N) is 1. The predicted molar refractivity (Wildman–Crippen MR) is 88.6 cm³/mol. The number of hydrogen-bond acceptors (Lipinski definition) is 3. The number of phenolic OH excluding ortho intramolecular Hbond substituents is 1. The first-order chi connectivity index (χ1) is 10.6. The summed E-state index contributed by atoms with van der Waals surface area (Å²) in [5.74, 6) is 0.0606. The lowest BCUT2D eigenvalue weighted by Gasteiger charge is -2.24. The fourth-order valence-corrected chi connectivity index (χ4v) is 2.76. The number of hydrogen-bond donors (Lipinski definition) is 2. The van der Waals surface area contributed by atoms with Crippen LogP contribution < -0.4 is 5.43 Å². The summed E-state index contributed by atoms with van der Waals surface area (Å²) >= 11 is 3.41. The summed E-state index contributed by atoms with van der Waals surface area (Å²) in [6.07, 6.45) is 1.94. The normalized spacial score (nSPS) is 17.1. The first kappa shape index (κ1) is 14.7. The van der Waals surface area contributed by atoms with Gasteiger partial charge in [-0.05, 0) is 29.8 Å². The molecule has 22 heavy (non-hydrogen) atoms. The van der Waals surface area contributed by atoms with Crippen molar-refractivity contribution in [3.8, 4) is 5.75 Å². The SMILES string of the molecule is CC(=O)N1NC(c2ccc(Br)cc2)=C[C@H]1c1ccccc1O. The Balaban J connectivity index is 2.01. The molecule has 0 aromatic heterocycles. The Morgan fingerprint density at radius 2 is 1.86 bits per heavy atom. The molecule has 0 bridgehead atoms. The number of amides is 1. The minimum absolute atomic E-state index is 0.114. The minimum atomic E-state index is -0.336. The van der Waals surface area contributed by atoms with Crippen LogP contribution in [-0.2, 0) is 4.79 Å². The Labute approximate surface area is 137 Å². The lowest BCUT2D eigenvalue weighted by molar-refractivity contribution is -0.132. The molecule has 112 valence electrons. The topological polar surface area (TPSA) is 52.6 Å². The van der Waals surface area contributed by atoms with Crippen LogP contribution in [0.15, 0.2) is 59.1 Å². The molecule has 1 amide bonds. The average Bonchev–Trinajstić information content (AvgIpc) is 2.93. The molecule has 0 fully saturated rings. The molecule has 0 spiro atoms. The molecule has 0 saturated heterocycles. The molecule has 0 aliphatic carbocycles. The molecule has 0 radical (unpaired) electrons. The molecule has 1 aliphatic heterocycles. The number of halogens is 1. The molecule has 2 N–H and O–H groups in total. The number of nitrogens with zero attached hydrogens (tertiary/aromatic N) is 1. The number of para-hydroxylation sites is 1. The number of carbonyl (C=O) groups excluding carboxylic acids is 1. The molecule has 4 nitrogen and oxygen atoms in total. The Bertz CT molecular complexity index is 741. The number of benzene rings is 2. The smallest absolute Gasteiger partial charge is 0.238 e. The summed E-state index contributed by atoms with van der Waals surface area (Å²) in [7, 11) is 0. The predicted octanol–water partition coefficient (Wildman–Crippen LogP) is 3.60. The maximum Gasteiger partial charge on any atom is 0.238 e. The van der Waals surface area contributed by atoms with Crippen LogP contribution >= 0.6 is 15.9 Å². The van der Waals surface area contributed by atoms with Crippen LogP contribution in [0.25, 0.3) is 5.70 Å². The highest BCUT2D eigenvalue weighted by Gasteiger charge is 2.30. The van der Waals surface area contributed by atoms with Crippen LogP contribution in [0.3, 0.4) is 0 Å². The zero-order valence-electron chi connectivity index (χ0n) is 12.0. The van der Waals surface area contributed by atoms with Gasteiger partial charge in [0.15, 0.2) is 0 Å². The van der Waals surface area contributed by atoms with E-state index in [1.54, 1.807) is 12.1 Å². The lowest BCUT2D eigenvalue weighted by Crippen LogP contribution is -2.37. The van der Waals surface area contributed by atoms with Crippen molar-refractivity contribution in [2.45, 2.75) is 13.0 Å². The lowest BCUT2D eigenvalue weighted by atomic mass is 10.0. The van der Waals surface area contributed by atoms with Crippen LogP contribution in [-0.4, -0.2) is 16.0 Å². The van der Waals surface area contributed by atoms with Crippen molar-refractivity contribution in [3.05, 3.63) is 70.2 Å². The summed E-state index contributed by atoms with van der Waals surface area (Å²) in [5, 5.41) is 11.6. The van der Waals surface area contributed by atoms with Crippen molar-refractivity contribution < 1.29 is 9.90 Å². The molecule has 1 aliphatic rings. The van der Waals surface area contributed by atoms with Crippen molar-refractivity contribution in [3.63, 3.8) is 0 Å². The highest BCUT2D eigenvalue weighted by atomic mass is 79.9. The van der Waals surface area contributed by atoms with Crippen LogP contribution in [0.4, 0.5) is 0 Å². The monoisotopic (exact) mass is 358 g/mol. The fourth-order valence-electron chi connectivity index (χ4n) is 2.50. The highest BCUT2D eigenvalue weighted by Crippen LogP contribution is 2.35. The average molecular weight is 359 g/mol. The largest absolute Gasteiger partial charge is 0.508 e. The van der Waals surface area contributed by atoms with Gasteiger partial charge in [-0.3, -0.25) is 10.2 Å². The van der Waals surface area contributed by atoms with Gasteiger partial charge in [0.05, 0.1) is 5.70 Å². The first-order valence-corrected chi connectivity index (χ1v) is 7.67. The van der Waals surface area contributed by atoms with Gasteiger partial charge in [0.25, 0.3) is 0 Å². The van der Waals surface area contributed by atoms with Crippen LogP contribution in [0.5, 0.6) is 5.75 Å². The highest BCUT2D eigenvalue weighted by molar-refractivity contribution is 9.10. The van der Waals surface area contributed by atoms with Crippen LogP contribution in [0, 0.1) is 0 Å². The van der Waals surface area contributed by atoms with Crippen molar-refractivity contribution in [1.29, 1.82) is 0 Å². The van der Waals surface area contributed by atoms with Gasteiger partial charge >= 0.3 is 0 Å². The molecule has 1 atom stereocenters. The van der Waals surface area contributed by atoms with E-state index in [1.807, 2.05) is 42.5 Å². The van der Waals surface area contributed by atoms with Crippen molar-refractivity contribution in [1.82, 2.24) is 10.4 Å². The van der Waals surface area contributed by atoms with Crippen molar-refractivity contribution in [2.75, 3.05) is 0 Å². The summed E-state index contributed by atoms with van der Waals surface area (Å²) in [4.78, 5) is 11.9. The van der Waals surface area contributed by atoms with Gasteiger partial charge in [-0.2, -0.15) is 0 Å². The Hall–Kier alpha value is -2.27. The van der Waals surface area contributed by atoms with E-state index < -0.39 is 0 Å². The Morgan fingerprint density at radius 3 is 2.50 bits per heavy atom. The summed E-state index contributed by atoms with van der Waals surface area (Å²) in [6, 6.07) is 14.5. The van der Waals surface area contributed by atoms with Gasteiger partial charge in [-0.25, -0.2) is 5.01 Å². The van der Waals surface area contributed by atoms with Crippen LogP contribution in [0.2, 0.25) is 0 Å². The fraction of sp³-hybridized carbons (Fsp3) is 0.118. The molecule has 0 saturated carbocycles. The van der Waals surface area contributed by atoms with Gasteiger partial charge in [0.2, 0.25) is 5.91 Å². The first-order valence-electron chi connectivity index (χ1n) is 6.88. The van der Waals surface area contributed by atoms with Crippen molar-refractivity contribution >= 4 is 27.5 Å². The van der Waals surface area contributed by atoms with E-state index >= 15 is 0 Å². The molecule has 5 heteroatoms. The summed E-state index contributed by atoms with van der Waals surface area (Å²) in [5.41, 5.74) is 5.63. The van der Waals surface area contributed by atoms with Gasteiger partial charge in [0.1, 0.15) is 11.8 Å². The Morgan fingerprint density at radius 1 is 1.18 bits per heavy atom. The number of phenols is 1. The second-order valence-electron chi connectivity index (χ2n) is 5.09. The van der Waals surface area contributed by atoms with Gasteiger partial charge in [-0.15, -0.1) is 0 Å². The maximum absolute atomic E-state index is 11.9. The van der Waals surface area contributed by atoms with Gasteiger partial charge in [-0.1, -0.05) is 46.3 Å². The molecule has 2 aromatic carbocycles. The van der Waals surface area contributed by atoms with E-state index in [-0.39, 0.29) is 17.7 Å². The zero-order chi connectivity index (χ0) is 15.7. The molecule has 2 aromatic rings. The van der Waals surface area contributed by atoms with E-state index in [0.29, 0.717) is 5.56 Å². The van der Waals surface area contributed by atoms with E-state index in [9.17, 15) is 9.90 Å². The van der Waals surface area contributed by atoms with Crippen LogP contribution in [0.1, 0.15) is 24.1 Å². The van der Waals surface area contributed by atoms with E-state index in [4.69, 9.17) is 0 Å². The third-order valence-corrected chi connectivity index (χ3v) is 4.12. The van der Waals surface area contributed by atoms with Gasteiger partial charge < -0.3 is 5.11 Å². The number of aromatic hydroxyl groups is 1. The molecule has 1 heterocycles. The van der Waals surface area contributed by atoms with Crippen molar-refractivity contribution in [2.24, 2.45) is 0 Å². The molecule has 0 unspecified atom stereocenters. The third-order valence-electron chi connectivity index (χ3n) is 3.59. The minimum Gasteiger partial charge on any atom is -0.508 e. The second-order valence-corrected chi connectivity index (χ2v) is 6.01. The Kier molecular flexibility index (Phi) is 3.90. The maximum atomic E-state index is 11.9. The van der Waals surface area contributed by atoms with E-state index in [2.05, 4.69) is 21.4 Å². The molecular formula is C17H15BrN2O2. The standard InChI is InChI=1S/C17H15BrN2O2/c1-11(21)20-16(14-4-2-3-5-17(14)22)10-15(19-20)12-6-8-13(18)9-7-12/h2-10,16,19,22H,1H3/t16-/m0/s1. The number of carbonyl (C=O) groups is 1. The number of hydrazine groups is 1. The third kappa shape index (κ3) is 2.72. The molecule has 3 rings (SSSR count). The zero-order valence-corrected chi connectivity index (χ0v) is 13.5. The summed E-state index contributed by atoms with van der Waals surface area (Å²) in [6.45, 7) is 1.50. The molecular weight excluding hydrogens is 344 g/mol. The number of rotatable bonds is 2. The van der Waals surface area contributed by atoms with Gasteiger partial charge in [0, 0.05) is 17.0 Å². The van der Waals surface area contributed by atoms with E-state index in [0.717, 1.165) is 15.7 Å². The second kappa shape index (κ2) is 5.85. The summed E-state index contributed by atoms with van der Waals surface area (Å²) < 4.78 is 0.996. The quantitative estimate of drug-likeness (QED) is 0.862.